The lowest BCUT2D eigenvalue weighted by atomic mass is 10.5. The first-order valence-electron chi connectivity index (χ1n) is 5.12. The smallest absolute Gasteiger partial charge is 0.343 e. The molecular weight excluding hydrogens is 240 g/mol. The summed E-state index contributed by atoms with van der Waals surface area (Å²) in [5.41, 5.74) is 5.33. The summed E-state index contributed by atoms with van der Waals surface area (Å²) in [6.45, 7) is 2.60. The van der Waals surface area contributed by atoms with Gasteiger partial charge >= 0.3 is 5.69 Å². The normalized spacial score (nSPS) is 10.6. The van der Waals surface area contributed by atoms with Crippen LogP contribution in [0, 0.1) is 0 Å². The van der Waals surface area contributed by atoms with Gasteiger partial charge in [-0.05, 0) is 24.2 Å². The third kappa shape index (κ3) is 2.64. The molecule has 2 rings (SSSR count). The fourth-order valence-electron chi connectivity index (χ4n) is 1.29. The van der Waals surface area contributed by atoms with Crippen LogP contribution in [-0.2, 0) is 6.54 Å². The molecule has 3 N–H and O–H groups in total. The molecule has 0 amide bonds. The van der Waals surface area contributed by atoms with Gasteiger partial charge in [0, 0.05) is 12.7 Å². The molecule has 17 heavy (non-hydrogen) atoms. The van der Waals surface area contributed by atoms with Crippen LogP contribution in [0.1, 0.15) is 13.3 Å². The van der Waals surface area contributed by atoms with Crippen LogP contribution in [0.3, 0.4) is 0 Å². The molecule has 90 valence electrons. The van der Waals surface area contributed by atoms with Crippen molar-refractivity contribution < 1.29 is 0 Å². The van der Waals surface area contributed by atoms with E-state index >= 15 is 0 Å². The van der Waals surface area contributed by atoms with Crippen LogP contribution in [-0.4, -0.2) is 24.7 Å². The molecule has 8 heteroatoms. The third-order valence-corrected chi connectivity index (χ3v) is 2.88. The molecule has 2 aromatic heterocycles. The van der Waals surface area contributed by atoms with E-state index in [2.05, 4.69) is 20.2 Å². The molecule has 0 spiro atoms. The molecule has 0 aliphatic rings. The van der Waals surface area contributed by atoms with Gasteiger partial charge in [-0.3, -0.25) is 4.57 Å². The summed E-state index contributed by atoms with van der Waals surface area (Å²) in [6.07, 6.45) is 2.42. The monoisotopic (exact) mass is 252 g/mol. The molecular formula is C9H12N6OS. The van der Waals surface area contributed by atoms with Gasteiger partial charge in [-0.25, -0.2) is 19.9 Å². The van der Waals surface area contributed by atoms with Crippen LogP contribution in [0.4, 0.5) is 5.82 Å². The molecule has 2 aromatic rings. The number of anilines is 1. The average Bonchev–Trinajstić information content (AvgIpc) is 2.62. The maximum atomic E-state index is 11.5. The summed E-state index contributed by atoms with van der Waals surface area (Å²) in [5, 5.41) is 7.35. The molecule has 0 unspecified atom stereocenters. The number of nitrogens with one attached hydrogen (secondary N) is 1. The fourth-order valence-corrected chi connectivity index (χ4v) is 2.09. The maximum Gasteiger partial charge on any atom is 0.343 e. The van der Waals surface area contributed by atoms with Gasteiger partial charge in [0.1, 0.15) is 5.82 Å². The lowest BCUT2D eigenvalue weighted by Crippen LogP contribution is -2.17. The van der Waals surface area contributed by atoms with Gasteiger partial charge < -0.3 is 5.73 Å². The molecule has 0 aromatic carbocycles. The Kier molecular flexibility index (Phi) is 3.43. The molecule has 0 saturated heterocycles. The zero-order chi connectivity index (χ0) is 12.3. The van der Waals surface area contributed by atoms with Gasteiger partial charge in [0.15, 0.2) is 10.3 Å². The van der Waals surface area contributed by atoms with Crippen molar-refractivity contribution in [2.75, 3.05) is 5.73 Å². The Bertz CT molecular complexity index is 563. The number of hydrogen-bond donors (Lipinski definition) is 2. The van der Waals surface area contributed by atoms with Crippen LogP contribution < -0.4 is 11.4 Å². The van der Waals surface area contributed by atoms with Crippen molar-refractivity contribution in [2.24, 2.45) is 0 Å². The van der Waals surface area contributed by atoms with Crippen LogP contribution >= 0.6 is 11.8 Å². The molecule has 7 nitrogen and oxygen atoms in total. The van der Waals surface area contributed by atoms with E-state index in [0.29, 0.717) is 22.7 Å². The Balaban J connectivity index is 2.27. The first kappa shape index (κ1) is 11.6. The lowest BCUT2D eigenvalue weighted by Gasteiger charge is -2.02. The van der Waals surface area contributed by atoms with Crippen molar-refractivity contribution in [3.8, 4) is 0 Å². The van der Waals surface area contributed by atoms with E-state index in [0.717, 1.165) is 6.42 Å². The highest BCUT2D eigenvalue weighted by atomic mass is 32.2. The predicted molar refractivity (Wildman–Crippen MR) is 63.7 cm³/mol. The largest absolute Gasteiger partial charge is 0.384 e. The van der Waals surface area contributed by atoms with Crippen LogP contribution in [0.25, 0.3) is 0 Å². The van der Waals surface area contributed by atoms with E-state index < -0.39 is 0 Å². The van der Waals surface area contributed by atoms with Gasteiger partial charge in [-0.15, -0.1) is 5.10 Å². The van der Waals surface area contributed by atoms with E-state index in [1.54, 1.807) is 16.8 Å². The number of nitrogen functional groups attached to an aromatic ring is 1. The average molecular weight is 252 g/mol. The Labute approximate surface area is 101 Å². The highest BCUT2D eigenvalue weighted by Crippen LogP contribution is 2.21. The van der Waals surface area contributed by atoms with Gasteiger partial charge in [0.05, 0.1) is 0 Å². The zero-order valence-electron chi connectivity index (χ0n) is 9.25. The predicted octanol–water partition coefficient (Wildman–Crippen LogP) is 0.505. The standard InChI is InChI=1S/C9H12N6OS/c1-2-5-15-8(16)13-14-9(15)17-7-11-4-3-6(10)12-7/h3-4H,2,5H2,1H3,(H,13,16)(H2,10,11,12). The van der Waals surface area contributed by atoms with Crippen molar-refractivity contribution in [3.63, 3.8) is 0 Å². The summed E-state index contributed by atoms with van der Waals surface area (Å²) in [4.78, 5) is 19.5. The second-order valence-corrected chi connectivity index (χ2v) is 4.26. The van der Waals surface area contributed by atoms with Crippen molar-refractivity contribution in [3.05, 3.63) is 22.7 Å². The number of aromatic amines is 1. The van der Waals surface area contributed by atoms with E-state index in [1.165, 1.54) is 11.8 Å². The van der Waals surface area contributed by atoms with Crippen molar-refractivity contribution in [1.82, 2.24) is 24.7 Å². The molecule has 0 radical (unpaired) electrons. The minimum Gasteiger partial charge on any atom is -0.384 e. The third-order valence-electron chi connectivity index (χ3n) is 2.01. The Morgan fingerprint density at radius 1 is 1.59 bits per heavy atom. The number of rotatable bonds is 4. The van der Waals surface area contributed by atoms with E-state index in [4.69, 9.17) is 5.73 Å². The molecule has 0 aliphatic heterocycles. The van der Waals surface area contributed by atoms with Crippen molar-refractivity contribution in [2.45, 2.75) is 30.2 Å². The van der Waals surface area contributed by atoms with E-state index in [1.807, 2.05) is 6.92 Å². The topological polar surface area (TPSA) is 102 Å². The minimum absolute atomic E-state index is 0.224. The van der Waals surface area contributed by atoms with Crippen molar-refractivity contribution >= 4 is 17.6 Å². The van der Waals surface area contributed by atoms with Crippen LogP contribution in [0.15, 0.2) is 27.4 Å². The Hall–Kier alpha value is -1.83. The van der Waals surface area contributed by atoms with Gasteiger partial charge in [0.25, 0.3) is 0 Å². The molecule has 0 aliphatic carbocycles. The number of nitrogens with zero attached hydrogens (tertiary/aromatic N) is 4. The lowest BCUT2D eigenvalue weighted by molar-refractivity contribution is 0.603. The van der Waals surface area contributed by atoms with Gasteiger partial charge in [0.2, 0.25) is 0 Å². The maximum absolute atomic E-state index is 11.5. The summed E-state index contributed by atoms with van der Waals surface area (Å²) in [7, 11) is 0. The number of H-pyrrole nitrogens is 1. The summed E-state index contributed by atoms with van der Waals surface area (Å²) < 4.78 is 1.55. The Morgan fingerprint density at radius 2 is 2.41 bits per heavy atom. The number of aromatic nitrogens is 5. The highest BCUT2D eigenvalue weighted by Gasteiger charge is 2.10. The zero-order valence-corrected chi connectivity index (χ0v) is 10.1. The van der Waals surface area contributed by atoms with Crippen molar-refractivity contribution in [1.29, 1.82) is 0 Å². The molecule has 0 fully saturated rings. The number of hydrogen-bond acceptors (Lipinski definition) is 6. The van der Waals surface area contributed by atoms with Crippen LogP contribution in [0.5, 0.6) is 0 Å². The molecule has 0 bridgehead atoms. The SMILES string of the molecule is CCCn1c(Sc2nccc(N)n2)n[nH]c1=O. The van der Waals surface area contributed by atoms with Crippen LogP contribution in [0.2, 0.25) is 0 Å². The summed E-state index contributed by atoms with van der Waals surface area (Å²) >= 11 is 1.21. The summed E-state index contributed by atoms with van der Waals surface area (Å²) in [6, 6.07) is 1.60. The second-order valence-electron chi connectivity index (χ2n) is 3.33. The molecule has 2 heterocycles. The first-order chi connectivity index (χ1) is 8.20. The van der Waals surface area contributed by atoms with Gasteiger partial charge in [-0.2, -0.15) is 0 Å². The molecule has 0 saturated carbocycles. The van der Waals surface area contributed by atoms with E-state index in [-0.39, 0.29) is 5.69 Å². The Morgan fingerprint density at radius 3 is 3.12 bits per heavy atom. The van der Waals surface area contributed by atoms with E-state index in [9.17, 15) is 4.79 Å². The van der Waals surface area contributed by atoms with Gasteiger partial charge in [-0.1, -0.05) is 6.92 Å². The fraction of sp³-hybridized carbons (Fsp3) is 0.333. The highest BCUT2D eigenvalue weighted by molar-refractivity contribution is 7.99. The summed E-state index contributed by atoms with van der Waals surface area (Å²) in [5.74, 6) is 0.391. The second kappa shape index (κ2) is 5.00. The first-order valence-corrected chi connectivity index (χ1v) is 5.94. The minimum atomic E-state index is -0.224. The quantitative estimate of drug-likeness (QED) is 0.768. The number of nitrogens with two attached hydrogens (primary N) is 1. The molecule has 0 atom stereocenters.